The monoisotopic (exact) mass is 284 g/mol. The first-order valence-corrected chi connectivity index (χ1v) is 7.48. The van der Waals surface area contributed by atoms with Crippen LogP contribution >= 0.6 is 0 Å². The zero-order valence-electron chi connectivity index (χ0n) is 12.8. The summed E-state index contributed by atoms with van der Waals surface area (Å²) >= 11 is 0. The maximum Gasteiger partial charge on any atom is 0.0736 e. The lowest BCUT2D eigenvalue weighted by molar-refractivity contribution is 0.228. The van der Waals surface area contributed by atoms with Gasteiger partial charge in [-0.1, -0.05) is 44.2 Å². The molecule has 3 N–H and O–H groups in total. The fraction of sp³-hybridized carbons (Fsp3) is 0.353. The lowest BCUT2D eigenvalue weighted by Gasteiger charge is -2.30. The minimum absolute atomic E-state index is 0.328. The summed E-state index contributed by atoms with van der Waals surface area (Å²) in [5.74, 6) is 0. The summed E-state index contributed by atoms with van der Waals surface area (Å²) in [5, 5.41) is 3.45. The van der Waals surface area contributed by atoms with Crippen LogP contribution in [0.1, 0.15) is 25.5 Å². The van der Waals surface area contributed by atoms with Crippen molar-refractivity contribution in [2.24, 2.45) is 0 Å². The Balaban J connectivity index is 2.15. The number of nitrogens with two attached hydrogens (primary N) is 1. The number of hydrogen-bond donors (Lipinski definition) is 2. The Labute approximate surface area is 127 Å². The van der Waals surface area contributed by atoms with E-state index in [1.807, 2.05) is 6.07 Å². The van der Waals surface area contributed by atoms with Crippen LogP contribution in [-0.4, -0.2) is 29.5 Å². The fourth-order valence-electron chi connectivity index (χ4n) is 2.57. The zero-order chi connectivity index (χ0) is 15.1. The van der Waals surface area contributed by atoms with Gasteiger partial charge in [-0.25, -0.2) is 0 Å². The zero-order valence-corrected chi connectivity index (χ0v) is 12.8. The number of nitrogens with zero attached hydrogens (tertiary/aromatic N) is 2. The first-order valence-electron chi connectivity index (χ1n) is 7.48. The number of nitrogen functional groups attached to an aromatic ring is 1. The molecule has 0 bridgehead atoms. The summed E-state index contributed by atoms with van der Waals surface area (Å²) in [4.78, 5) is 6.47. The largest absolute Gasteiger partial charge is 0.396 e. The van der Waals surface area contributed by atoms with Gasteiger partial charge in [-0.15, -0.1) is 0 Å². The van der Waals surface area contributed by atoms with Crippen LogP contribution in [0.2, 0.25) is 0 Å². The first-order chi connectivity index (χ1) is 10.3. The quantitative estimate of drug-likeness (QED) is 0.820. The second kappa shape index (κ2) is 7.64. The van der Waals surface area contributed by atoms with Crippen LogP contribution in [-0.2, 0) is 0 Å². The lowest BCUT2D eigenvalue weighted by atomic mass is 10.0. The third-order valence-electron chi connectivity index (χ3n) is 3.78. The van der Waals surface area contributed by atoms with E-state index in [9.17, 15) is 0 Å². The van der Waals surface area contributed by atoms with Crippen molar-refractivity contribution in [3.63, 3.8) is 0 Å². The van der Waals surface area contributed by atoms with E-state index >= 15 is 0 Å². The SMILES string of the molecule is CCN(CC)C(CNc1ccncc1N)c1ccccc1. The molecule has 0 amide bonds. The normalized spacial score (nSPS) is 12.3. The molecule has 4 heteroatoms. The van der Waals surface area contributed by atoms with Gasteiger partial charge in [0.2, 0.25) is 0 Å². The average molecular weight is 284 g/mol. The number of likely N-dealkylation sites (N-methyl/N-ethyl adjacent to an activating group) is 1. The Hall–Kier alpha value is -2.07. The van der Waals surface area contributed by atoms with E-state index < -0.39 is 0 Å². The number of pyridine rings is 1. The van der Waals surface area contributed by atoms with Gasteiger partial charge in [0.25, 0.3) is 0 Å². The molecule has 1 aromatic heterocycles. The summed E-state index contributed by atoms with van der Waals surface area (Å²) in [6.07, 6.45) is 3.44. The highest BCUT2D eigenvalue weighted by Crippen LogP contribution is 2.23. The van der Waals surface area contributed by atoms with Crippen molar-refractivity contribution in [1.82, 2.24) is 9.88 Å². The molecule has 2 rings (SSSR count). The van der Waals surface area contributed by atoms with Gasteiger partial charge < -0.3 is 11.1 Å². The van der Waals surface area contributed by atoms with Gasteiger partial charge in [0.1, 0.15) is 0 Å². The van der Waals surface area contributed by atoms with Crippen molar-refractivity contribution in [2.45, 2.75) is 19.9 Å². The molecule has 0 spiro atoms. The molecular weight excluding hydrogens is 260 g/mol. The number of benzene rings is 1. The molecule has 21 heavy (non-hydrogen) atoms. The number of anilines is 2. The molecule has 0 aliphatic heterocycles. The third kappa shape index (κ3) is 3.95. The Morgan fingerprint density at radius 2 is 1.86 bits per heavy atom. The van der Waals surface area contributed by atoms with E-state index in [2.05, 4.69) is 59.4 Å². The Morgan fingerprint density at radius 3 is 2.48 bits per heavy atom. The highest BCUT2D eigenvalue weighted by molar-refractivity contribution is 5.64. The molecule has 0 aliphatic carbocycles. The smallest absolute Gasteiger partial charge is 0.0736 e. The molecule has 112 valence electrons. The number of aromatic nitrogens is 1. The van der Waals surface area contributed by atoms with E-state index in [0.29, 0.717) is 11.7 Å². The minimum Gasteiger partial charge on any atom is -0.396 e. The van der Waals surface area contributed by atoms with Crippen molar-refractivity contribution >= 4 is 11.4 Å². The Bertz CT molecular complexity index is 537. The summed E-state index contributed by atoms with van der Waals surface area (Å²) in [6, 6.07) is 12.8. The molecule has 0 saturated carbocycles. The van der Waals surface area contributed by atoms with Gasteiger partial charge in [0.05, 0.1) is 23.6 Å². The van der Waals surface area contributed by atoms with Crippen LogP contribution in [0.5, 0.6) is 0 Å². The summed E-state index contributed by atoms with van der Waals surface area (Å²) in [5.41, 5.74) is 8.90. The molecule has 4 nitrogen and oxygen atoms in total. The maximum atomic E-state index is 5.95. The fourth-order valence-corrected chi connectivity index (χ4v) is 2.57. The van der Waals surface area contributed by atoms with Crippen LogP contribution in [0.4, 0.5) is 11.4 Å². The summed E-state index contributed by atoms with van der Waals surface area (Å²) in [7, 11) is 0. The summed E-state index contributed by atoms with van der Waals surface area (Å²) in [6.45, 7) is 7.24. The first kappa shape index (κ1) is 15.3. The lowest BCUT2D eigenvalue weighted by Crippen LogP contribution is -2.33. The van der Waals surface area contributed by atoms with Crippen LogP contribution < -0.4 is 11.1 Å². The van der Waals surface area contributed by atoms with Crippen LogP contribution in [0, 0.1) is 0 Å². The van der Waals surface area contributed by atoms with Gasteiger partial charge >= 0.3 is 0 Å². The van der Waals surface area contributed by atoms with Crippen LogP contribution in [0.3, 0.4) is 0 Å². The second-order valence-electron chi connectivity index (χ2n) is 4.99. The molecule has 0 aliphatic rings. The average Bonchev–Trinajstić information content (AvgIpc) is 2.54. The molecule has 0 radical (unpaired) electrons. The molecule has 1 heterocycles. The van der Waals surface area contributed by atoms with Gasteiger partial charge in [0.15, 0.2) is 0 Å². The molecule has 1 aromatic carbocycles. The predicted octanol–water partition coefficient (Wildman–Crippen LogP) is 3.16. The van der Waals surface area contributed by atoms with Crippen molar-refractivity contribution < 1.29 is 0 Å². The van der Waals surface area contributed by atoms with E-state index in [1.165, 1.54) is 5.56 Å². The molecular formula is C17H24N4. The Kier molecular flexibility index (Phi) is 5.58. The van der Waals surface area contributed by atoms with Crippen LogP contribution in [0.15, 0.2) is 48.8 Å². The van der Waals surface area contributed by atoms with Gasteiger partial charge in [0, 0.05) is 12.7 Å². The topological polar surface area (TPSA) is 54.2 Å². The highest BCUT2D eigenvalue weighted by atomic mass is 15.2. The van der Waals surface area contributed by atoms with Gasteiger partial charge in [-0.05, 0) is 24.7 Å². The minimum atomic E-state index is 0.328. The highest BCUT2D eigenvalue weighted by Gasteiger charge is 2.17. The molecule has 2 aromatic rings. The van der Waals surface area contributed by atoms with Gasteiger partial charge in [-0.3, -0.25) is 9.88 Å². The number of rotatable bonds is 7. The predicted molar refractivity (Wildman–Crippen MR) is 89.2 cm³/mol. The number of nitrogens with one attached hydrogen (secondary N) is 1. The standard InChI is InChI=1S/C17H24N4/c1-3-21(4-2)17(14-8-6-5-7-9-14)13-20-16-10-11-19-12-15(16)18/h5-12,17H,3-4,13,18H2,1-2H3,(H,19,20). The van der Waals surface area contributed by atoms with Crippen molar-refractivity contribution in [3.8, 4) is 0 Å². The summed E-state index contributed by atoms with van der Waals surface area (Å²) < 4.78 is 0. The van der Waals surface area contributed by atoms with E-state index in [0.717, 1.165) is 25.3 Å². The molecule has 0 saturated heterocycles. The van der Waals surface area contributed by atoms with Crippen molar-refractivity contribution in [1.29, 1.82) is 0 Å². The molecule has 0 fully saturated rings. The Morgan fingerprint density at radius 1 is 1.14 bits per heavy atom. The van der Waals surface area contributed by atoms with Gasteiger partial charge in [-0.2, -0.15) is 0 Å². The van der Waals surface area contributed by atoms with Crippen molar-refractivity contribution in [2.75, 3.05) is 30.7 Å². The van der Waals surface area contributed by atoms with E-state index in [-0.39, 0.29) is 0 Å². The van der Waals surface area contributed by atoms with E-state index in [4.69, 9.17) is 5.73 Å². The number of hydrogen-bond acceptors (Lipinski definition) is 4. The third-order valence-corrected chi connectivity index (χ3v) is 3.78. The molecule has 1 atom stereocenters. The molecule has 1 unspecified atom stereocenters. The maximum absolute atomic E-state index is 5.95. The van der Waals surface area contributed by atoms with Crippen LogP contribution in [0.25, 0.3) is 0 Å². The second-order valence-corrected chi connectivity index (χ2v) is 4.99. The van der Waals surface area contributed by atoms with E-state index in [1.54, 1.807) is 12.4 Å². The van der Waals surface area contributed by atoms with Crippen molar-refractivity contribution in [3.05, 3.63) is 54.4 Å².